The lowest BCUT2D eigenvalue weighted by Crippen LogP contribution is -2.06. The normalized spacial score (nSPS) is 11.2. The number of anilines is 2. The van der Waals surface area contributed by atoms with Gasteiger partial charge in [0.05, 0.1) is 16.9 Å². The maximum absolute atomic E-state index is 12.5. The molecule has 3 rings (SSSR count). The predicted octanol–water partition coefficient (Wildman–Crippen LogP) is 4.72. The van der Waals surface area contributed by atoms with Crippen molar-refractivity contribution >= 4 is 23.2 Å². The molecule has 2 heterocycles. The SMILES string of the molecule is CC(C)n1ccc(-c2nc(Nc3cc[c]cc3OC(F)F)ncc2Cl)n1. The molecule has 1 radical (unpaired) electrons. The Morgan fingerprint density at radius 3 is 2.81 bits per heavy atom. The largest absolute Gasteiger partial charge is 0.433 e. The van der Waals surface area contributed by atoms with Gasteiger partial charge in [0.15, 0.2) is 0 Å². The van der Waals surface area contributed by atoms with Crippen molar-refractivity contribution in [3.63, 3.8) is 0 Å². The van der Waals surface area contributed by atoms with Crippen LogP contribution in [0.4, 0.5) is 20.4 Å². The minimum Gasteiger partial charge on any atom is -0.433 e. The van der Waals surface area contributed by atoms with Gasteiger partial charge in [-0.3, -0.25) is 4.68 Å². The first kappa shape index (κ1) is 18.1. The maximum atomic E-state index is 12.5. The quantitative estimate of drug-likeness (QED) is 0.672. The van der Waals surface area contributed by atoms with E-state index < -0.39 is 6.61 Å². The molecule has 0 atom stereocenters. The van der Waals surface area contributed by atoms with E-state index in [4.69, 9.17) is 11.6 Å². The number of halogens is 3. The lowest BCUT2D eigenvalue weighted by molar-refractivity contribution is -0.0493. The highest BCUT2D eigenvalue weighted by molar-refractivity contribution is 6.32. The molecule has 0 saturated carbocycles. The van der Waals surface area contributed by atoms with Crippen LogP contribution >= 0.6 is 11.6 Å². The van der Waals surface area contributed by atoms with Gasteiger partial charge in [0.25, 0.3) is 0 Å². The van der Waals surface area contributed by atoms with E-state index in [0.29, 0.717) is 16.4 Å². The summed E-state index contributed by atoms with van der Waals surface area (Å²) in [7, 11) is 0. The van der Waals surface area contributed by atoms with Crippen molar-refractivity contribution in [2.45, 2.75) is 26.5 Å². The molecular formula is C17H15ClF2N5O. The molecular weight excluding hydrogens is 364 g/mol. The Morgan fingerprint density at radius 2 is 2.12 bits per heavy atom. The lowest BCUT2D eigenvalue weighted by Gasteiger charge is -2.12. The first-order valence-corrected chi connectivity index (χ1v) is 8.12. The fourth-order valence-corrected chi connectivity index (χ4v) is 2.38. The molecule has 0 aliphatic heterocycles. The highest BCUT2D eigenvalue weighted by Crippen LogP contribution is 2.30. The molecule has 1 N–H and O–H groups in total. The molecule has 0 aliphatic carbocycles. The van der Waals surface area contributed by atoms with Crippen LogP contribution in [0.3, 0.4) is 0 Å². The third-order valence-corrected chi connectivity index (χ3v) is 3.69. The molecule has 135 valence electrons. The Balaban J connectivity index is 1.91. The van der Waals surface area contributed by atoms with Crippen molar-refractivity contribution in [1.29, 1.82) is 0 Å². The molecule has 9 heteroatoms. The number of rotatable bonds is 6. The number of hydrogen-bond donors (Lipinski definition) is 1. The van der Waals surface area contributed by atoms with Gasteiger partial charge in [-0.1, -0.05) is 17.7 Å². The molecule has 0 fully saturated rings. The Kier molecular flexibility index (Phi) is 5.32. The Morgan fingerprint density at radius 1 is 1.31 bits per heavy atom. The van der Waals surface area contributed by atoms with Crippen LogP contribution in [0.25, 0.3) is 11.4 Å². The van der Waals surface area contributed by atoms with Gasteiger partial charge in [-0.05, 0) is 38.1 Å². The van der Waals surface area contributed by atoms with Gasteiger partial charge in [0, 0.05) is 12.2 Å². The number of hydrogen-bond acceptors (Lipinski definition) is 5. The molecule has 26 heavy (non-hydrogen) atoms. The Labute approximate surface area is 153 Å². The number of nitrogens with one attached hydrogen (secondary N) is 1. The van der Waals surface area contributed by atoms with E-state index in [-0.39, 0.29) is 23.4 Å². The summed E-state index contributed by atoms with van der Waals surface area (Å²) >= 11 is 6.19. The van der Waals surface area contributed by atoms with Crippen LogP contribution in [0.5, 0.6) is 5.75 Å². The maximum Gasteiger partial charge on any atom is 0.387 e. The van der Waals surface area contributed by atoms with Crippen molar-refractivity contribution in [2.75, 3.05) is 5.32 Å². The van der Waals surface area contributed by atoms with Gasteiger partial charge in [-0.2, -0.15) is 13.9 Å². The van der Waals surface area contributed by atoms with Crippen LogP contribution < -0.4 is 10.1 Å². The van der Waals surface area contributed by atoms with Crippen LogP contribution in [-0.4, -0.2) is 26.4 Å². The predicted molar refractivity (Wildman–Crippen MR) is 93.8 cm³/mol. The fourth-order valence-electron chi connectivity index (χ4n) is 2.19. The minimum atomic E-state index is -2.95. The zero-order chi connectivity index (χ0) is 18.7. The third kappa shape index (κ3) is 4.08. The van der Waals surface area contributed by atoms with E-state index >= 15 is 0 Å². The first-order valence-electron chi connectivity index (χ1n) is 7.74. The average Bonchev–Trinajstić information content (AvgIpc) is 3.08. The molecule has 0 unspecified atom stereocenters. The highest BCUT2D eigenvalue weighted by Gasteiger charge is 2.14. The molecule has 3 aromatic rings. The fraction of sp³-hybridized carbons (Fsp3) is 0.235. The van der Waals surface area contributed by atoms with Gasteiger partial charge in [-0.15, -0.1) is 0 Å². The Bertz CT molecular complexity index is 900. The number of nitrogens with zero attached hydrogens (tertiary/aromatic N) is 4. The molecule has 0 bridgehead atoms. The van der Waals surface area contributed by atoms with Crippen molar-refractivity contribution < 1.29 is 13.5 Å². The molecule has 2 aromatic heterocycles. The number of ether oxygens (including phenoxy) is 1. The molecule has 0 saturated heterocycles. The van der Waals surface area contributed by atoms with E-state index in [1.54, 1.807) is 16.8 Å². The summed E-state index contributed by atoms with van der Waals surface area (Å²) in [6, 6.07) is 9.05. The molecule has 0 amide bonds. The Hall–Kier alpha value is -2.74. The average molecular weight is 379 g/mol. The van der Waals surface area contributed by atoms with Crippen molar-refractivity contribution in [3.8, 4) is 17.1 Å². The van der Waals surface area contributed by atoms with Gasteiger partial charge < -0.3 is 10.1 Å². The lowest BCUT2D eigenvalue weighted by atomic mass is 10.3. The van der Waals surface area contributed by atoms with Crippen LogP contribution in [0, 0.1) is 6.07 Å². The van der Waals surface area contributed by atoms with E-state index in [1.165, 1.54) is 18.3 Å². The zero-order valence-electron chi connectivity index (χ0n) is 13.9. The second-order valence-corrected chi connectivity index (χ2v) is 6.00. The summed E-state index contributed by atoms with van der Waals surface area (Å²) in [5.41, 5.74) is 1.30. The van der Waals surface area contributed by atoms with Crippen LogP contribution in [0.1, 0.15) is 19.9 Å². The second kappa shape index (κ2) is 7.65. The van der Waals surface area contributed by atoms with Crippen molar-refractivity contribution in [1.82, 2.24) is 19.7 Å². The smallest absolute Gasteiger partial charge is 0.387 e. The summed E-state index contributed by atoms with van der Waals surface area (Å²) in [5, 5.41) is 7.61. The third-order valence-electron chi connectivity index (χ3n) is 3.41. The van der Waals surface area contributed by atoms with E-state index in [2.05, 4.69) is 31.2 Å². The van der Waals surface area contributed by atoms with Gasteiger partial charge in [0.2, 0.25) is 5.95 Å². The summed E-state index contributed by atoms with van der Waals surface area (Å²) < 4.78 is 31.3. The standard InChI is InChI=1S/C17H15ClF2N5O/c1-10(2)25-8-7-13(24-25)15-11(18)9-21-17(23-15)22-12-5-3-4-6-14(12)26-16(19)20/h3,5-10,16H,1-2H3,(H,21,22,23). The topological polar surface area (TPSA) is 64.9 Å². The zero-order valence-corrected chi connectivity index (χ0v) is 14.7. The molecule has 1 aromatic carbocycles. The molecule has 0 spiro atoms. The van der Waals surface area contributed by atoms with Gasteiger partial charge >= 0.3 is 6.61 Å². The first-order chi connectivity index (χ1) is 12.4. The van der Waals surface area contributed by atoms with Crippen molar-refractivity contribution in [3.05, 3.63) is 47.7 Å². The molecule has 6 nitrogen and oxygen atoms in total. The van der Waals surface area contributed by atoms with Crippen LogP contribution in [0.15, 0.2) is 36.7 Å². The van der Waals surface area contributed by atoms with Gasteiger partial charge in [0.1, 0.15) is 17.1 Å². The van der Waals surface area contributed by atoms with E-state index in [9.17, 15) is 8.78 Å². The molecule has 0 aliphatic rings. The monoisotopic (exact) mass is 378 g/mol. The van der Waals surface area contributed by atoms with Gasteiger partial charge in [-0.25, -0.2) is 9.97 Å². The summed E-state index contributed by atoms with van der Waals surface area (Å²) in [6.07, 6.45) is 3.25. The van der Waals surface area contributed by atoms with Crippen LogP contribution in [-0.2, 0) is 0 Å². The van der Waals surface area contributed by atoms with E-state index in [1.807, 2.05) is 20.0 Å². The minimum absolute atomic E-state index is 0.0633. The van der Waals surface area contributed by atoms with E-state index in [0.717, 1.165) is 0 Å². The second-order valence-electron chi connectivity index (χ2n) is 5.59. The van der Waals surface area contributed by atoms with Crippen molar-refractivity contribution in [2.24, 2.45) is 0 Å². The van der Waals surface area contributed by atoms with Crippen LogP contribution in [0.2, 0.25) is 5.02 Å². The summed E-state index contributed by atoms with van der Waals surface area (Å²) in [4.78, 5) is 8.43. The number of aromatic nitrogens is 4. The number of alkyl halides is 2. The summed E-state index contributed by atoms with van der Waals surface area (Å²) in [6.45, 7) is 1.05. The number of benzene rings is 1. The summed E-state index contributed by atoms with van der Waals surface area (Å²) in [5.74, 6) is 0.112. The highest BCUT2D eigenvalue weighted by atomic mass is 35.5.